The molecule has 0 saturated heterocycles. The molecule has 2 N–H and O–H groups in total. The topological polar surface area (TPSA) is 49.3 Å². The van der Waals surface area contributed by atoms with Crippen molar-refractivity contribution in [1.29, 1.82) is 0 Å². The Morgan fingerprint density at radius 3 is 2.48 bits per heavy atom. The highest BCUT2D eigenvalue weighted by molar-refractivity contribution is 5.92. The molecule has 0 heterocycles. The van der Waals surface area contributed by atoms with E-state index in [4.69, 9.17) is 5.11 Å². The molecule has 0 aliphatic heterocycles. The van der Waals surface area contributed by atoms with E-state index in [1.807, 2.05) is 38.1 Å². The maximum atomic E-state index is 14.6. The quantitative estimate of drug-likeness (QED) is 0.642. The van der Waals surface area contributed by atoms with Gasteiger partial charge < -0.3 is 10.4 Å². The van der Waals surface area contributed by atoms with Crippen LogP contribution in [-0.2, 0) is 4.79 Å². The monoisotopic (exact) mass is 367 g/mol. The van der Waals surface area contributed by atoms with E-state index in [0.29, 0.717) is 17.3 Å². The van der Waals surface area contributed by atoms with Gasteiger partial charge in [-0.1, -0.05) is 31.0 Å². The number of aliphatic carboxylic acids is 1. The average Bonchev–Trinajstić information content (AvgIpc) is 3.12. The molecule has 1 aliphatic carbocycles. The van der Waals surface area contributed by atoms with Crippen molar-refractivity contribution in [2.24, 2.45) is 0 Å². The lowest BCUT2D eigenvalue weighted by molar-refractivity contribution is -0.132. The standard InChI is InChI=1S/C23H26FNO2/c1-14-12-20(15(2)10-18(14)11-16(3)23(26)27)17-8-9-22(21(24)13-17)25-19-6-4-5-7-19/h8-13,19,25H,4-7H2,1-3H3,(H,26,27)/b16-11+. The summed E-state index contributed by atoms with van der Waals surface area (Å²) in [7, 11) is 0. The van der Waals surface area contributed by atoms with Gasteiger partial charge in [-0.15, -0.1) is 0 Å². The van der Waals surface area contributed by atoms with Gasteiger partial charge in [-0.2, -0.15) is 0 Å². The second-order valence-electron chi connectivity index (χ2n) is 7.48. The average molecular weight is 367 g/mol. The van der Waals surface area contributed by atoms with Crippen LogP contribution in [0.3, 0.4) is 0 Å². The van der Waals surface area contributed by atoms with Gasteiger partial charge in [0.05, 0.1) is 5.69 Å². The molecule has 3 nitrogen and oxygen atoms in total. The lowest BCUT2D eigenvalue weighted by atomic mass is 9.94. The first-order chi connectivity index (χ1) is 12.8. The minimum atomic E-state index is -0.927. The minimum absolute atomic E-state index is 0.234. The molecule has 2 aromatic carbocycles. The molecule has 2 aromatic rings. The first kappa shape index (κ1) is 19.2. The summed E-state index contributed by atoms with van der Waals surface area (Å²) in [4.78, 5) is 11.1. The van der Waals surface area contributed by atoms with E-state index in [-0.39, 0.29) is 5.82 Å². The highest BCUT2D eigenvalue weighted by Crippen LogP contribution is 2.31. The molecule has 0 bridgehead atoms. The van der Waals surface area contributed by atoms with Crippen LogP contribution in [0.5, 0.6) is 0 Å². The number of halogens is 1. The van der Waals surface area contributed by atoms with E-state index in [1.165, 1.54) is 12.8 Å². The van der Waals surface area contributed by atoms with Crippen LogP contribution in [0.15, 0.2) is 35.9 Å². The number of carbonyl (C=O) groups is 1. The maximum absolute atomic E-state index is 14.6. The minimum Gasteiger partial charge on any atom is -0.478 e. The van der Waals surface area contributed by atoms with Gasteiger partial charge >= 0.3 is 5.97 Å². The van der Waals surface area contributed by atoms with E-state index in [1.54, 1.807) is 19.1 Å². The normalized spacial score (nSPS) is 15.2. The van der Waals surface area contributed by atoms with Crippen LogP contribution in [-0.4, -0.2) is 17.1 Å². The number of rotatable bonds is 5. The Balaban J connectivity index is 1.89. The second-order valence-corrected chi connectivity index (χ2v) is 7.48. The largest absolute Gasteiger partial charge is 0.478 e. The summed E-state index contributed by atoms with van der Waals surface area (Å²) in [5.74, 6) is -1.16. The highest BCUT2D eigenvalue weighted by Gasteiger charge is 2.17. The second kappa shape index (κ2) is 7.95. The number of carboxylic acid groups (broad SMARTS) is 1. The van der Waals surface area contributed by atoms with Crippen LogP contribution in [0.4, 0.5) is 10.1 Å². The van der Waals surface area contributed by atoms with E-state index < -0.39 is 5.97 Å². The fraction of sp³-hybridized carbons (Fsp3) is 0.348. The third kappa shape index (κ3) is 4.38. The first-order valence-electron chi connectivity index (χ1n) is 9.44. The van der Waals surface area contributed by atoms with Crippen molar-refractivity contribution in [2.75, 3.05) is 5.32 Å². The van der Waals surface area contributed by atoms with Gasteiger partial charge in [0.1, 0.15) is 5.82 Å². The van der Waals surface area contributed by atoms with E-state index in [0.717, 1.165) is 40.7 Å². The third-order valence-electron chi connectivity index (χ3n) is 5.32. The van der Waals surface area contributed by atoms with Gasteiger partial charge in [0.25, 0.3) is 0 Å². The molecule has 3 rings (SSSR count). The SMILES string of the molecule is C/C(=C\c1cc(C)c(-c2ccc(NC3CCCC3)c(F)c2)cc1C)C(=O)O. The number of nitrogens with one attached hydrogen (secondary N) is 1. The predicted molar refractivity (Wildman–Crippen MR) is 108 cm³/mol. The summed E-state index contributed by atoms with van der Waals surface area (Å²) >= 11 is 0. The molecule has 0 radical (unpaired) electrons. The molecule has 0 spiro atoms. The Morgan fingerprint density at radius 2 is 1.85 bits per heavy atom. The summed E-state index contributed by atoms with van der Waals surface area (Å²) in [6, 6.07) is 9.67. The van der Waals surface area contributed by atoms with E-state index in [2.05, 4.69) is 5.32 Å². The Morgan fingerprint density at radius 1 is 1.15 bits per heavy atom. The number of hydrogen-bond acceptors (Lipinski definition) is 2. The van der Waals surface area contributed by atoms with Gasteiger partial charge in [-0.05, 0) is 79.6 Å². The summed E-state index contributed by atoms with van der Waals surface area (Å²) in [6.07, 6.45) is 6.29. The molecular formula is C23H26FNO2. The number of aryl methyl sites for hydroxylation is 2. The Labute approximate surface area is 159 Å². The van der Waals surface area contributed by atoms with Crippen molar-refractivity contribution in [2.45, 2.75) is 52.5 Å². The van der Waals surface area contributed by atoms with Gasteiger partial charge in [-0.25, -0.2) is 9.18 Å². The fourth-order valence-corrected chi connectivity index (χ4v) is 3.69. The summed E-state index contributed by atoms with van der Waals surface area (Å²) < 4.78 is 14.6. The number of hydrogen-bond donors (Lipinski definition) is 2. The van der Waals surface area contributed by atoms with Crippen LogP contribution >= 0.6 is 0 Å². The van der Waals surface area contributed by atoms with Crippen molar-refractivity contribution in [3.05, 3.63) is 58.4 Å². The summed E-state index contributed by atoms with van der Waals surface area (Å²) in [5.41, 5.74) is 5.47. The lowest BCUT2D eigenvalue weighted by Crippen LogP contribution is -2.15. The zero-order valence-electron chi connectivity index (χ0n) is 16.1. The molecule has 1 aliphatic rings. The molecule has 4 heteroatoms. The number of carboxylic acids is 1. The number of anilines is 1. The molecule has 0 atom stereocenters. The molecule has 0 amide bonds. The van der Waals surface area contributed by atoms with Crippen LogP contribution in [0.1, 0.15) is 49.3 Å². The Hall–Kier alpha value is -2.62. The molecule has 1 fully saturated rings. The lowest BCUT2D eigenvalue weighted by Gasteiger charge is -2.16. The predicted octanol–water partition coefficient (Wildman–Crippen LogP) is 5.95. The van der Waals surface area contributed by atoms with Gasteiger partial charge in [-0.3, -0.25) is 0 Å². The molecule has 0 unspecified atom stereocenters. The van der Waals surface area contributed by atoms with Crippen molar-refractivity contribution in [3.63, 3.8) is 0 Å². The fourth-order valence-electron chi connectivity index (χ4n) is 3.69. The maximum Gasteiger partial charge on any atom is 0.331 e. The van der Waals surface area contributed by atoms with Crippen LogP contribution in [0.25, 0.3) is 17.2 Å². The highest BCUT2D eigenvalue weighted by atomic mass is 19.1. The van der Waals surface area contributed by atoms with Crippen molar-refractivity contribution < 1.29 is 14.3 Å². The summed E-state index contributed by atoms with van der Waals surface area (Å²) in [6.45, 7) is 5.48. The third-order valence-corrected chi connectivity index (χ3v) is 5.32. The van der Waals surface area contributed by atoms with E-state index >= 15 is 0 Å². The van der Waals surface area contributed by atoms with Crippen molar-refractivity contribution in [1.82, 2.24) is 0 Å². The zero-order valence-corrected chi connectivity index (χ0v) is 16.1. The smallest absolute Gasteiger partial charge is 0.331 e. The Bertz CT molecular complexity index is 895. The van der Waals surface area contributed by atoms with Crippen LogP contribution in [0.2, 0.25) is 0 Å². The van der Waals surface area contributed by atoms with Crippen molar-refractivity contribution >= 4 is 17.7 Å². The first-order valence-corrected chi connectivity index (χ1v) is 9.44. The molecule has 0 aromatic heterocycles. The van der Waals surface area contributed by atoms with E-state index in [9.17, 15) is 9.18 Å². The molecular weight excluding hydrogens is 341 g/mol. The summed E-state index contributed by atoms with van der Waals surface area (Å²) in [5, 5.41) is 12.4. The molecule has 142 valence electrons. The van der Waals surface area contributed by atoms with Crippen molar-refractivity contribution in [3.8, 4) is 11.1 Å². The van der Waals surface area contributed by atoms with Gasteiger partial charge in [0, 0.05) is 11.6 Å². The van der Waals surface area contributed by atoms with Gasteiger partial charge in [0.15, 0.2) is 0 Å². The van der Waals surface area contributed by atoms with Crippen LogP contribution < -0.4 is 5.32 Å². The molecule has 27 heavy (non-hydrogen) atoms. The zero-order chi connectivity index (χ0) is 19.6. The van der Waals surface area contributed by atoms with Crippen LogP contribution in [0, 0.1) is 19.7 Å². The molecule has 1 saturated carbocycles. The number of benzene rings is 2. The Kier molecular flexibility index (Phi) is 5.64. The van der Waals surface area contributed by atoms with Gasteiger partial charge in [0.2, 0.25) is 0 Å².